The minimum absolute atomic E-state index is 0.00519. The fraction of sp³-hybridized carbons (Fsp3) is 0.500. The average Bonchev–Trinajstić information content (AvgIpc) is 2.16. The van der Waals surface area contributed by atoms with Crippen molar-refractivity contribution in [2.75, 3.05) is 0 Å². The van der Waals surface area contributed by atoms with Gasteiger partial charge in [0.2, 0.25) is 11.8 Å². The van der Waals surface area contributed by atoms with E-state index >= 15 is 0 Å². The van der Waals surface area contributed by atoms with Crippen LogP contribution in [-0.2, 0) is 9.59 Å². The summed E-state index contributed by atoms with van der Waals surface area (Å²) < 4.78 is 0. The van der Waals surface area contributed by atoms with E-state index in [1.807, 2.05) is 19.1 Å². The second-order valence-corrected chi connectivity index (χ2v) is 4.43. The molecule has 1 fully saturated rings. The van der Waals surface area contributed by atoms with E-state index in [4.69, 9.17) is 12.2 Å². The van der Waals surface area contributed by atoms with Gasteiger partial charge in [-0.15, -0.1) is 0 Å². The number of nitrogens with one attached hydrogen (secondary N) is 2. The smallest absolute Gasteiger partial charge is 0.242 e. The summed E-state index contributed by atoms with van der Waals surface area (Å²) in [4.78, 5) is 23.8. The zero-order chi connectivity index (χ0) is 11.1. The van der Waals surface area contributed by atoms with Gasteiger partial charge < -0.3 is 10.6 Å². The van der Waals surface area contributed by atoms with Crippen LogP contribution in [-0.4, -0.2) is 16.9 Å². The van der Waals surface area contributed by atoms with Gasteiger partial charge in [0.1, 0.15) is 5.41 Å². The molecule has 1 saturated heterocycles. The average molecular weight is 224 g/mol. The van der Waals surface area contributed by atoms with Crippen molar-refractivity contribution >= 4 is 29.1 Å². The van der Waals surface area contributed by atoms with E-state index in [1.54, 1.807) is 0 Å². The molecule has 5 heteroatoms. The molecule has 0 saturated carbocycles. The molecule has 0 aromatic rings. The van der Waals surface area contributed by atoms with Crippen LogP contribution >= 0.6 is 12.2 Å². The molecule has 1 aliphatic carbocycles. The van der Waals surface area contributed by atoms with Crippen molar-refractivity contribution in [1.82, 2.24) is 10.6 Å². The number of thiocarbonyl (C=S) groups is 1. The SMILES string of the molecule is C[C@@H]1CC=CCC12C(=O)NC(=S)NC2=O. The van der Waals surface area contributed by atoms with Crippen molar-refractivity contribution in [2.24, 2.45) is 11.3 Å². The highest BCUT2D eigenvalue weighted by molar-refractivity contribution is 7.80. The third-order valence-electron chi connectivity index (χ3n) is 3.20. The Bertz CT molecular complexity index is 356. The van der Waals surface area contributed by atoms with Crippen LogP contribution in [0.2, 0.25) is 0 Å². The predicted molar refractivity (Wildman–Crippen MR) is 58.9 cm³/mol. The summed E-state index contributed by atoms with van der Waals surface area (Å²) in [6.07, 6.45) is 5.08. The Morgan fingerprint density at radius 3 is 2.47 bits per heavy atom. The molecular weight excluding hydrogens is 212 g/mol. The first-order chi connectivity index (χ1) is 7.07. The summed E-state index contributed by atoms with van der Waals surface area (Å²) in [5.74, 6) is -0.535. The predicted octanol–water partition coefficient (Wildman–Crippen LogP) is 0.490. The molecule has 2 rings (SSSR count). The molecule has 1 aliphatic heterocycles. The number of hydrogen-bond acceptors (Lipinski definition) is 3. The van der Waals surface area contributed by atoms with Crippen molar-refractivity contribution in [3.05, 3.63) is 12.2 Å². The maximum absolute atomic E-state index is 11.9. The van der Waals surface area contributed by atoms with Crippen molar-refractivity contribution < 1.29 is 9.59 Å². The zero-order valence-electron chi connectivity index (χ0n) is 8.37. The van der Waals surface area contributed by atoms with Crippen LogP contribution < -0.4 is 10.6 Å². The Balaban J connectivity index is 2.40. The van der Waals surface area contributed by atoms with Gasteiger partial charge in [0, 0.05) is 0 Å². The molecule has 2 amide bonds. The van der Waals surface area contributed by atoms with Crippen LogP contribution in [0.3, 0.4) is 0 Å². The second-order valence-electron chi connectivity index (χ2n) is 4.02. The van der Waals surface area contributed by atoms with Gasteiger partial charge in [-0.1, -0.05) is 19.1 Å². The van der Waals surface area contributed by atoms with E-state index in [-0.39, 0.29) is 22.8 Å². The lowest BCUT2D eigenvalue weighted by molar-refractivity contribution is -0.147. The minimum Gasteiger partial charge on any atom is -0.302 e. The fourth-order valence-electron chi connectivity index (χ4n) is 2.17. The molecule has 4 nitrogen and oxygen atoms in total. The van der Waals surface area contributed by atoms with Gasteiger partial charge in [-0.25, -0.2) is 0 Å². The summed E-state index contributed by atoms with van der Waals surface area (Å²) in [6, 6.07) is 0. The lowest BCUT2D eigenvalue weighted by atomic mass is 9.67. The van der Waals surface area contributed by atoms with Crippen molar-refractivity contribution in [1.29, 1.82) is 0 Å². The molecule has 0 aromatic carbocycles. The number of rotatable bonds is 0. The maximum Gasteiger partial charge on any atom is 0.242 e. The number of allylic oxidation sites excluding steroid dienone is 2. The highest BCUT2D eigenvalue weighted by atomic mass is 32.1. The molecule has 2 aliphatic rings. The minimum atomic E-state index is -0.961. The third-order valence-corrected chi connectivity index (χ3v) is 3.41. The topological polar surface area (TPSA) is 58.2 Å². The van der Waals surface area contributed by atoms with Gasteiger partial charge in [-0.05, 0) is 31.0 Å². The van der Waals surface area contributed by atoms with Crippen molar-refractivity contribution in [2.45, 2.75) is 19.8 Å². The summed E-state index contributed by atoms with van der Waals surface area (Å²) in [5, 5.41) is 5.16. The highest BCUT2D eigenvalue weighted by Gasteiger charge is 2.52. The monoisotopic (exact) mass is 224 g/mol. The van der Waals surface area contributed by atoms with E-state index < -0.39 is 5.41 Å². The van der Waals surface area contributed by atoms with Crippen molar-refractivity contribution in [3.63, 3.8) is 0 Å². The number of amides is 2. The normalized spacial score (nSPS) is 28.9. The molecule has 2 N–H and O–H groups in total. The second kappa shape index (κ2) is 3.41. The van der Waals surface area contributed by atoms with Gasteiger partial charge in [0.25, 0.3) is 0 Å². The molecule has 1 heterocycles. The summed E-state index contributed by atoms with van der Waals surface area (Å²) in [6.45, 7) is 1.91. The van der Waals surface area contributed by atoms with E-state index in [9.17, 15) is 9.59 Å². The van der Waals surface area contributed by atoms with Crippen LogP contribution in [0.25, 0.3) is 0 Å². The molecule has 0 bridgehead atoms. The Hall–Kier alpha value is -1.23. The van der Waals surface area contributed by atoms with E-state index in [1.165, 1.54) is 0 Å². The molecule has 1 atom stereocenters. The number of hydrogen-bond donors (Lipinski definition) is 2. The van der Waals surface area contributed by atoms with Crippen molar-refractivity contribution in [3.8, 4) is 0 Å². The van der Waals surface area contributed by atoms with Gasteiger partial charge in [-0.2, -0.15) is 0 Å². The van der Waals surface area contributed by atoms with Crippen LogP contribution in [0, 0.1) is 11.3 Å². The summed E-state index contributed by atoms with van der Waals surface area (Å²) in [5.41, 5.74) is -0.961. The zero-order valence-corrected chi connectivity index (χ0v) is 9.19. The summed E-state index contributed by atoms with van der Waals surface area (Å²) in [7, 11) is 0. The first-order valence-corrected chi connectivity index (χ1v) is 5.30. The number of carbonyl (C=O) groups is 2. The molecule has 15 heavy (non-hydrogen) atoms. The first-order valence-electron chi connectivity index (χ1n) is 4.89. The van der Waals surface area contributed by atoms with Crippen LogP contribution in [0.5, 0.6) is 0 Å². The number of carbonyl (C=O) groups excluding carboxylic acids is 2. The third kappa shape index (κ3) is 1.38. The first kappa shape index (κ1) is 10.3. The van der Waals surface area contributed by atoms with E-state index in [0.29, 0.717) is 6.42 Å². The highest BCUT2D eigenvalue weighted by Crippen LogP contribution is 2.39. The summed E-state index contributed by atoms with van der Waals surface area (Å²) >= 11 is 4.77. The quantitative estimate of drug-likeness (QED) is 0.358. The van der Waals surface area contributed by atoms with Crippen LogP contribution in [0.4, 0.5) is 0 Å². The van der Waals surface area contributed by atoms with Crippen LogP contribution in [0.15, 0.2) is 12.2 Å². The fourth-order valence-corrected chi connectivity index (χ4v) is 2.35. The van der Waals surface area contributed by atoms with Gasteiger partial charge in [-0.3, -0.25) is 9.59 Å². The van der Waals surface area contributed by atoms with Gasteiger partial charge in [0.05, 0.1) is 0 Å². The van der Waals surface area contributed by atoms with E-state index in [0.717, 1.165) is 6.42 Å². The van der Waals surface area contributed by atoms with Gasteiger partial charge in [0.15, 0.2) is 5.11 Å². The molecule has 1 spiro atoms. The lowest BCUT2D eigenvalue weighted by Crippen LogP contribution is -2.64. The Morgan fingerprint density at radius 2 is 1.93 bits per heavy atom. The van der Waals surface area contributed by atoms with Gasteiger partial charge >= 0.3 is 0 Å². The standard InChI is InChI=1S/C10H12N2O2S/c1-6-4-2-3-5-10(6)7(13)11-9(15)12-8(10)14/h2-3,6H,4-5H2,1H3,(H2,11,12,13,14,15)/t6-/m1/s1. The molecular formula is C10H12N2O2S. The Morgan fingerprint density at radius 1 is 1.33 bits per heavy atom. The molecule has 0 aromatic heterocycles. The Kier molecular flexibility index (Phi) is 2.34. The molecule has 80 valence electrons. The lowest BCUT2D eigenvalue weighted by Gasteiger charge is -2.40. The Labute approximate surface area is 93.1 Å². The van der Waals surface area contributed by atoms with E-state index in [2.05, 4.69) is 10.6 Å². The largest absolute Gasteiger partial charge is 0.302 e. The van der Waals surface area contributed by atoms with Crippen LogP contribution in [0.1, 0.15) is 19.8 Å². The maximum atomic E-state index is 11.9. The molecule has 0 unspecified atom stereocenters. The molecule has 0 radical (unpaired) electrons.